The van der Waals surface area contributed by atoms with Crippen LogP contribution in [0.5, 0.6) is 5.75 Å². The number of benzene rings is 1. The van der Waals surface area contributed by atoms with Gasteiger partial charge in [0.2, 0.25) is 0 Å². The first-order valence-electron chi connectivity index (χ1n) is 5.44. The number of nitrogens with two attached hydrogens (primary N) is 1. The first-order valence-corrected chi connectivity index (χ1v) is 5.44. The van der Waals surface area contributed by atoms with E-state index in [2.05, 4.69) is 19.9 Å². The highest BCUT2D eigenvalue weighted by Crippen LogP contribution is 2.50. The Hall–Kier alpha value is -1.02. The standard InChI is InChI=1S/C13H19NO/c1-12(2,13(14)8-9-13)10-6-4-5-7-11(10)15-3/h4-7H,8-9,14H2,1-3H3. The fourth-order valence-corrected chi connectivity index (χ4v) is 2.19. The average Bonchev–Trinajstić information content (AvgIpc) is 2.98. The van der Waals surface area contributed by atoms with E-state index in [0.29, 0.717) is 0 Å². The van der Waals surface area contributed by atoms with Crippen LogP contribution >= 0.6 is 0 Å². The number of ether oxygens (including phenoxy) is 1. The van der Waals surface area contributed by atoms with Crippen LogP contribution in [0, 0.1) is 0 Å². The Morgan fingerprint density at radius 2 is 1.87 bits per heavy atom. The van der Waals surface area contributed by atoms with Crippen molar-refractivity contribution in [1.82, 2.24) is 0 Å². The molecule has 82 valence electrons. The Balaban J connectivity index is 2.44. The summed E-state index contributed by atoms with van der Waals surface area (Å²) in [5, 5.41) is 0. The zero-order valence-electron chi connectivity index (χ0n) is 9.71. The molecule has 0 atom stereocenters. The molecule has 2 N–H and O–H groups in total. The minimum Gasteiger partial charge on any atom is -0.496 e. The van der Waals surface area contributed by atoms with Gasteiger partial charge in [-0.25, -0.2) is 0 Å². The van der Waals surface area contributed by atoms with E-state index in [9.17, 15) is 0 Å². The van der Waals surface area contributed by atoms with Gasteiger partial charge in [0.05, 0.1) is 7.11 Å². The molecule has 0 spiro atoms. The third kappa shape index (κ3) is 1.53. The molecule has 0 aliphatic heterocycles. The molecule has 15 heavy (non-hydrogen) atoms. The molecule has 0 saturated heterocycles. The summed E-state index contributed by atoms with van der Waals surface area (Å²) in [6.07, 6.45) is 2.22. The molecule has 1 saturated carbocycles. The molecule has 0 amide bonds. The van der Waals surface area contributed by atoms with Crippen molar-refractivity contribution in [2.24, 2.45) is 5.73 Å². The molecule has 1 aliphatic rings. The lowest BCUT2D eigenvalue weighted by molar-refractivity contribution is 0.353. The molecular weight excluding hydrogens is 186 g/mol. The molecule has 1 aromatic carbocycles. The number of hydrogen-bond donors (Lipinski definition) is 1. The summed E-state index contributed by atoms with van der Waals surface area (Å²) in [6.45, 7) is 4.41. The molecule has 1 aliphatic carbocycles. The smallest absolute Gasteiger partial charge is 0.122 e. The molecule has 0 heterocycles. The molecule has 0 unspecified atom stereocenters. The van der Waals surface area contributed by atoms with Gasteiger partial charge in [-0.3, -0.25) is 0 Å². The third-order valence-corrected chi connectivity index (χ3v) is 3.81. The van der Waals surface area contributed by atoms with E-state index in [1.165, 1.54) is 5.56 Å². The molecule has 2 heteroatoms. The lowest BCUT2D eigenvalue weighted by Crippen LogP contribution is -2.43. The lowest BCUT2D eigenvalue weighted by Gasteiger charge is -2.33. The van der Waals surface area contributed by atoms with Crippen molar-refractivity contribution < 1.29 is 4.74 Å². The first kappa shape index (κ1) is 10.5. The van der Waals surface area contributed by atoms with Crippen molar-refractivity contribution in [1.29, 1.82) is 0 Å². The Kier molecular flexibility index (Phi) is 2.27. The number of rotatable bonds is 3. The van der Waals surface area contributed by atoms with Crippen molar-refractivity contribution in [3.63, 3.8) is 0 Å². The molecule has 0 aromatic heterocycles. The summed E-state index contributed by atoms with van der Waals surface area (Å²) in [5.41, 5.74) is 7.49. The van der Waals surface area contributed by atoms with Gasteiger partial charge in [0.15, 0.2) is 0 Å². The Labute approximate surface area is 91.4 Å². The van der Waals surface area contributed by atoms with E-state index in [4.69, 9.17) is 10.5 Å². The molecule has 1 aromatic rings. The van der Waals surface area contributed by atoms with Gasteiger partial charge in [0, 0.05) is 16.5 Å². The van der Waals surface area contributed by atoms with Crippen LogP contribution in [0.2, 0.25) is 0 Å². The van der Waals surface area contributed by atoms with Crippen molar-refractivity contribution in [3.05, 3.63) is 29.8 Å². The van der Waals surface area contributed by atoms with Crippen LogP contribution in [0.3, 0.4) is 0 Å². The maximum Gasteiger partial charge on any atom is 0.122 e. The van der Waals surface area contributed by atoms with Gasteiger partial charge in [0.25, 0.3) is 0 Å². The highest BCUT2D eigenvalue weighted by atomic mass is 16.5. The summed E-state index contributed by atoms with van der Waals surface area (Å²) in [6, 6.07) is 8.16. The zero-order valence-corrected chi connectivity index (χ0v) is 9.71. The summed E-state index contributed by atoms with van der Waals surface area (Å²) in [5.74, 6) is 0.944. The summed E-state index contributed by atoms with van der Waals surface area (Å²) in [4.78, 5) is 0. The number of hydrogen-bond acceptors (Lipinski definition) is 2. The van der Waals surface area contributed by atoms with Gasteiger partial charge in [-0.1, -0.05) is 32.0 Å². The van der Waals surface area contributed by atoms with Gasteiger partial charge in [-0.15, -0.1) is 0 Å². The quantitative estimate of drug-likeness (QED) is 0.822. The van der Waals surface area contributed by atoms with E-state index in [0.717, 1.165) is 18.6 Å². The fourth-order valence-electron chi connectivity index (χ4n) is 2.19. The van der Waals surface area contributed by atoms with Gasteiger partial charge in [-0.2, -0.15) is 0 Å². The fraction of sp³-hybridized carbons (Fsp3) is 0.538. The van der Waals surface area contributed by atoms with Crippen LogP contribution in [-0.4, -0.2) is 12.6 Å². The van der Waals surface area contributed by atoms with Crippen LogP contribution in [0.15, 0.2) is 24.3 Å². The molecular formula is C13H19NO. The number of para-hydroxylation sites is 1. The predicted octanol–water partition coefficient (Wildman–Crippen LogP) is 2.46. The highest BCUT2D eigenvalue weighted by Gasteiger charge is 2.52. The highest BCUT2D eigenvalue weighted by molar-refractivity contribution is 5.43. The van der Waals surface area contributed by atoms with E-state index >= 15 is 0 Å². The van der Waals surface area contributed by atoms with Crippen LogP contribution < -0.4 is 10.5 Å². The van der Waals surface area contributed by atoms with Crippen LogP contribution in [-0.2, 0) is 5.41 Å². The maximum absolute atomic E-state index is 6.32. The van der Waals surface area contributed by atoms with Gasteiger partial charge in [-0.05, 0) is 18.9 Å². The molecule has 0 radical (unpaired) electrons. The lowest BCUT2D eigenvalue weighted by atomic mass is 9.75. The normalized spacial score (nSPS) is 18.7. The van der Waals surface area contributed by atoms with E-state index in [1.54, 1.807) is 7.11 Å². The topological polar surface area (TPSA) is 35.2 Å². The molecule has 1 fully saturated rings. The second kappa shape index (κ2) is 3.24. The van der Waals surface area contributed by atoms with E-state index in [1.807, 2.05) is 18.2 Å². The van der Waals surface area contributed by atoms with Gasteiger partial charge < -0.3 is 10.5 Å². The van der Waals surface area contributed by atoms with Crippen molar-refractivity contribution in [3.8, 4) is 5.75 Å². The van der Waals surface area contributed by atoms with Crippen molar-refractivity contribution >= 4 is 0 Å². The molecule has 2 rings (SSSR count). The van der Waals surface area contributed by atoms with Gasteiger partial charge >= 0.3 is 0 Å². The Bertz CT molecular complexity index is 367. The monoisotopic (exact) mass is 205 g/mol. The SMILES string of the molecule is COc1ccccc1C(C)(C)C1(N)CC1. The van der Waals surface area contributed by atoms with Gasteiger partial charge in [0.1, 0.15) is 5.75 Å². The first-order chi connectivity index (χ1) is 7.01. The second-order valence-corrected chi connectivity index (χ2v) is 4.98. The second-order valence-electron chi connectivity index (χ2n) is 4.98. The largest absolute Gasteiger partial charge is 0.496 e. The minimum absolute atomic E-state index is 0.0143. The summed E-state index contributed by atoms with van der Waals surface area (Å²) < 4.78 is 5.40. The number of methoxy groups -OCH3 is 1. The molecule has 2 nitrogen and oxygen atoms in total. The Morgan fingerprint density at radius 1 is 1.27 bits per heavy atom. The summed E-state index contributed by atoms with van der Waals surface area (Å²) >= 11 is 0. The third-order valence-electron chi connectivity index (χ3n) is 3.81. The van der Waals surface area contributed by atoms with Crippen LogP contribution in [0.4, 0.5) is 0 Å². The van der Waals surface area contributed by atoms with Crippen LogP contribution in [0.25, 0.3) is 0 Å². The van der Waals surface area contributed by atoms with E-state index < -0.39 is 0 Å². The summed E-state index contributed by atoms with van der Waals surface area (Å²) in [7, 11) is 1.71. The van der Waals surface area contributed by atoms with E-state index in [-0.39, 0.29) is 11.0 Å². The van der Waals surface area contributed by atoms with Crippen LogP contribution in [0.1, 0.15) is 32.3 Å². The average molecular weight is 205 g/mol. The predicted molar refractivity (Wildman–Crippen MR) is 62.2 cm³/mol. The maximum atomic E-state index is 6.32. The Morgan fingerprint density at radius 3 is 2.40 bits per heavy atom. The molecule has 0 bridgehead atoms. The zero-order chi connectivity index (χ0) is 11.1. The minimum atomic E-state index is -0.0400. The van der Waals surface area contributed by atoms with Crippen molar-refractivity contribution in [2.45, 2.75) is 37.6 Å². The van der Waals surface area contributed by atoms with Crippen molar-refractivity contribution in [2.75, 3.05) is 7.11 Å².